The summed E-state index contributed by atoms with van der Waals surface area (Å²) in [5.41, 5.74) is 11.2. The van der Waals surface area contributed by atoms with Gasteiger partial charge in [-0.1, -0.05) is 17.6 Å². The molecule has 0 aromatic heterocycles. The van der Waals surface area contributed by atoms with Crippen LogP contribution in [0.1, 0.15) is 66.7 Å². The molecule has 0 spiro atoms. The van der Waals surface area contributed by atoms with E-state index >= 15 is 0 Å². The van der Waals surface area contributed by atoms with Crippen molar-refractivity contribution >= 4 is 11.9 Å². The van der Waals surface area contributed by atoms with E-state index in [1.54, 1.807) is 0 Å². The van der Waals surface area contributed by atoms with Crippen LogP contribution in [-0.4, -0.2) is 30.1 Å². The van der Waals surface area contributed by atoms with E-state index < -0.39 is 5.97 Å². The first-order valence-electron chi connectivity index (χ1n) is 8.73. The zero-order chi connectivity index (χ0) is 18.7. The molecule has 1 amide bonds. The summed E-state index contributed by atoms with van der Waals surface area (Å²) < 4.78 is 0. The van der Waals surface area contributed by atoms with Crippen molar-refractivity contribution in [3.8, 4) is 0 Å². The Morgan fingerprint density at radius 2 is 1.54 bits per heavy atom. The second-order valence-electron chi connectivity index (χ2n) is 6.43. The lowest BCUT2D eigenvalue weighted by Crippen LogP contribution is -2.25. The van der Waals surface area contributed by atoms with Crippen LogP contribution in [0.5, 0.6) is 0 Å². The SMILES string of the molecule is CC(=O)O.CC1=C(C)C(CCNC(=O)CCCCCN)C(C)=C1C. The second-order valence-corrected chi connectivity index (χ2v) is 6.43. The molecule has 1 aliphatic rings. The summed E-state index contributed by atoms with van der Waals surface area (Å²) in [5.74, 6) is -0.135. The van der Waals surface area contributed by atoms with E-state index in [4.69, 9.17) is 15.6 Å². The Morgan fingerprint density at radius 1 is 1.04 bits per heavy atom. The molecule has 0 bridgehead atoms. The molecule has 0 radical (unpaired) electrons. The number of carbonyl (C=O) groups is 2. The highest BCUT2D eigenvalue weighted by Crippen LogP contribution is 2.38. The van der Waals surface area contributed by atoms with Gasteiger partial charge < -0.3 is 16.2 Å². The smallest absolute Gasteiger partial charge is 0.300 e. The first-order valence-corrected chi connectivity index (χ1v) is 8.73. The van der Waals surface area contributed by atoms with Gasteiger partial charge in [0.1, 0.15) is 0 Å². The fraction of sp³-hybridized carbons (Fsp3) is 0.684. The summed E-state index contributed by atoms with van der Waals surface area (Å²) >= 11 is 0. The van der Waals surface area contributed by atoms with Crippen molar-refractivity contribution in [3.05, 3.63) is 22.3 Å². The molecule has 0 aliphatic heterocycles. The van der Waals surface area contributed by atoms with E-state index in [1.807, 2.05) is 0 Å². The molecule has 1 rings (SSSR count). The van der Waals surface area contributed by atoms with E-state index in [-0.39, 0.29) is 5.91 Å². The summed E-state index contributed by atoms with van der Waals surface area (Å²) in [4.78, 5) is 20.7. The van der Waals surface area contributed by atoms with Crippen LogP contribution in [0.3, 0.4) is 0 Å². The molecule has 0 aromatic rings. The zero-order valence-corrected chi connectivity index (χ0v) is 15.9. The molecule has 0 atom stereocenters. The van der Waals surface area contributed by atoms with Crippen LogP contribution in [0.15, 0.2) is 22.3 Å². The van der Waals surface area contributed by atoms with E-state index in [9.17, 15) is 4.79 Å². The normalized spacial score (nSPS) is 14.6. The van der Waals surface area contributed by atoms with Crippen molar-refractivity contribution in [2.45, 2.75) is 66.7 Å². The number of nitrogens with one attached hydrogen (secondary N) is 1. The number of amides is 1. The van der Waals surface area contributed by atoms with Gasteiger partial charge in [0.15, 0.2) is 0 Å². The van der Waals surface area contributed by atoms with E-state index in [2.05, 4.69) is 33.0 Å². The number of carboxylic acid groups (broad SMARTS) is 1. The third-order valence-electron chi connectivity index (χ3n) is 4.65. The summed E-state index contributed by atoms with van der Waals surface area (Å²) in [5, 5.41) is 10.5. The Morgan fingerprint density at radius 3 is 2.00 bits per heavy atom. The minimum atomic E-state index is -0.833. The number of aliphatic carboxylic acids is 1. The molecule has 1 aliphatic carbocycles. The van der Waals surface area contributed by atoms with E-state index in [0.717, 1.165) is 45.7 Å². The number of rotatable bonds is 8. The molecule has 0 saturated heterocycles. The summed E-state index contributed by atoms with van der Waals surface area (Å²) in [6, 6.07) is 0. The molecule has 5 heteroatoms. The monoisotopic (exact) mass is 338 g/mol. The molecule has 0 unspecified atom stereocenters. The molecule has 0 fully saturated rings. The third-order valence-corrected chi connectivity index (χ3v) is 4.65. The van der Waals surface area contributed by atoms with E-state index in [0.29, 0.717) is 12.3 Å². The molecular formula is C19H34N2O3. The number of hydrogen-bond donors (Lipinski definition) is 3. The van der Waals surface area contributed by atoms with Gasteiger partial charge in [0, 0.05) is 25.8 Å². The Balaban J connectivity index is 0.00000118. The van der Waals surface area contributed by atoms with Crippen LogP contribution < -0.4 is 11.1 Å². The van der Waals surface area contributed by atoms with Crippen LogP contribution in [-0.2, 0) is 9.59 Å². The molecule has 0 saturated carbocycles. The van der Waals surface area contributed by atoms with Gasteiger partial charge in [0.25, 0.3) is 5.97 Å². The van der Waals surface area contributed by atoms with Gasteiger partial charge in [0.2, 0.25) is 5.91 Å². The topological polar surface area (TPSA) is 92.4 Å². The predicted octanol–water partition coefficient (Wildman–Crippen LogP) is 3.41. The second kappa shape index (κ2) is 11.8. The Kier molecular flexibility index (Phi) is 11.0. The highest BCUT2D eigenvalue weighted by atomic mass is 16.4. The van der Waals surface area contributed by atoms with Crippen molar-refractivity contribution < 1.29 is 14.7 Å². The van der Waals surface area contributed by atoms with Crippen molar-refractivity contribution in [1.82, 2.24) is 5.32 Å². The van der Waals surface area contributed by atoms with Crippen LogP contribution in [0, 0.1) is 5.92 Å². The van der Waals surface area contributed by atoms with Crippen molar-refractivity contribution in [2.24, 2.45) is 11.7 Å². The highest BCUT2D eigenvalue weighted by Gasteiger charge is 2.23. The van der Waals surface area contributed by atoms with Crippen molar-refractivity contribution in [3.63, 3.8) is 0 Å². The number of hydrogen-bond acceptors (Lipinski definition) is 3. The minimum absolute atomic E-state index is 0.178. The van der Waals surface area contributed by atoms with Crippen LogP contribution >= 0.6 is 0 Å². The standard InChI is InChI=1S/C17H30N2O.C2H4O2/c1-12-13(2)15(4)16(14(12)3)9-11-19-17(20)8-6-5-7-10-18;1-2(3)4/h16H,5-11,18H2,1-4H3,(H,19,20);1H3,(H,3,4). The fourth-order valence-electron chi connectivity index (χ4n) is 2.92. The van der Waals surface area contributed by atoms with E-state index in [1.165, 1.54) is 22.3 Å². The predicted molar refractivity (Wildman–Crippen MR) is 98.7 cm³/mol. The van der Waals surface area contributed by atoms with Gasteiger partial charge >= 0.3 is 0 Å². The zero-order valence-electron chi connectivity index (χ0n) is 15.9. The lowest BCUT2D eigenvalue weighted by Gasteiger charge is -2.15. The number of carboxylic acids is 1. The first-order chi connectivity index (χ1) is 11.2. The average molecular weight is 338 g/mol. The largest absolute Gasteiger partial charge is 0.481 e. The number of carbonyl (C=O) groups excluding carboxylic acids is 1. The molecule has 138 valence electrons. The Hall–Kier alpha value is -1.62. The quantitative estimate of drug-likeness (QED) is 0.591. The summed E-state index contributed by atoms with van der Waals surface area (Å²) in [7, 11) is 0. The minimum Gasteiger partial charge on any atom is -0.481 e. The molecule has 24 heavy (non-hydrogen) atoms. The molecule has 5 nitrogen and oxygen atoms in total. The average Bonchev–Trinajstić information content (AvgIpc) is 2.68. The Bertz CT molecular complexity index is 465. The van der Waals surface area contributed by atoms with Gasteiger partial charge in [0.05, 0.1) is 0 Å². The maximum Gasteiger partial charge on any atom is 0.300 e. The number of nitrogens with two attached hydrogens (primary N) is 1. The van der Waals surface area contributed by atoms with Gasteiger partial charge in [-0.2, -0.15) is 0 Å². The lowest BCUT2D eigenvalue weighted by atomic mass is 9.93. The fourth-order valence-corrected chi connectivity index (χ4v) is 2.92. The van der Waals surface area contributed by atoms with Crippen molar-refractivity contribution in [2.75, 3.05) is 13.1 Å². The van der Waals surface area contributed by atoms with Crippen LogP contribution in [0.2, 0.25) is 0 Å². The molecule has 4 N–H and O–H groups in total. The Labute approximate surface area is 146 Å². The molecule has 0 aromatic carbocycles. The van der Waals surface area contributed by atoms with Gasteiger partial charge in [-0.05, 0) is 64.6 Å². The summed E-state index contributed by atoms with van der Waals surface area (Å²) in [6.07, 6.45) is 4.66. The maximum absolute atomic E-state index is 11.7. The number of allylic oxidation sites excluding steroid dienone is 4. The van der Waals surface area contributed by atoms with Gasteiger partial charge in [-0.25, -0.2) is 0 Å². The highest BCUT2D eigenvalue weighted by molar-refractivity contribution is 5.75. The molecular weight excluding hydrogens is 304 g/mol. The lowest BCUT2D eigenvalue weighted by molar-refractivity contribution is -0.134. The first kappa shape index (κ1) is 22.4. The van der Waals surface area contributed by atoms with Gasteiger partial charge in [-0.15, -0.1) is 0 Å². The molecule has 0 heterocycles. The maximum atomic E-state index is 11.7. The number of unbranched alkanes of at least 4 members (excludes halogenated alkanes) is 2. The van der Waals surface area contributed by atoms with Crippen LogP contribution in [0.4, 0.5) is 0 Å². The van der Waals surface area contributed by atoms with Crippen molar-refractivity contribution in [1.29, 1.82) is 0 Å². The summed E-state index contributed by atoms with van der Waals surface area (Å²) in [6.45, 7) is 11.4. The van der Waals surface area contributed by atoms with Crippen LogP contribution in [0.25, 0.3) is 0 Å². The third kappa shape index (κ3) is 8.29. The van der Waals surface area contributed by atoms with Gasteiger partial charge in [-0.3, -0.25) is 9.59 Å².